The van der Waals surface area contributed by atoms with Crippen LogP contribution in [0.1, 0.15) is 6.92 Å². The molecule has 0 aromatic carbocycles. The molecule has 0 aliphatic carbocycles. The second-order valence-corrected chi connectivity index (χ2v) is 4.22. The first-order valence-corrected chi connectivity index (χ1v) is 6.07. The topological polar surface area (TPSA) is 131 Å². The van der Waals surface area contributed by atoms with Crippen molar-refractivity contribution < 1.29 is 32.6 Å². The molecule has 1 heterocycles. The Hall–Kier alpha value is 0.870. The summed E-state index contributed by atoms with van der Waals surface area (Å²) >= 11 is -2.85. The Morgan fingerprint density at radius 2 is 2.00 bits per heavy atom. The molecular formula is C8H16NNaO7S. The van der Waals surface area contributed by atoms with Crippen molar-refractivity contribution in [2.24, 2.45) is 5.73 Å². The molecule has 4 N–H and O–H groups in total. The Morgan fingerprint density at radius 3 is 2.50 bits per heavy atom. The van der Waals surface area contributed by atoms with Gasteiger partial charge in [0.15, 0.2) is 12.4 Å². The molecule has 1 unspecified atom stereocenters. The van der Waals surface area contributed by atoms with Crippen LogP contribution in [0, 0.1) is 0 Å². The number of hydrogen-bond donors (Lipinski definition) is 3. The van der Waals surface area contributed by atoms with E-state index >= 15 is 0 Å². The van der Waals surface area contributed by atoms with Crippen LogP contribution in [0.25, 0.3) is 0 Å². The molecule has 0 bridgehead atoms. The standard InChI is InChI=1S/C8H16NO7S.Na/c1-4-5(10)6(11)7(16-17(12)13)8(15-4)14-3-2-9;/h4-8,10-11H,2-3,9H2,1H3;/t4-,5+,6+,7-,8+;/m0./s1. The Balaban J connectivity index is 0.00000289. The van der Waals surface area contributed by atoms with Crippen molar-refractivity contribution in [3.8, 4) is 0 Å². The largest absolute Gasteiger partial charge is 0.388 e. The van der Waals surface area contributed by atoms with Gasteiger partial charge in [0.2, 0.25) is 0 Å². The zero-order chi connectivity index (χ0) is 13.0. The van der Waals surface area contributed by atoms with E-state index in [1.807, 2.05) is 0 Å². The molecule has 0 aromatic rings. The van der Waals surface area contributed by atoms with Gasteiger partial charge in [0.25, 0.3) is 0 Å². The van der Waals surface area contributed by atoms with Crippen molar-refractivity contribution >= 4 is 40.9 Å². The fraction of sp³-hybridized carbons (Fsp3) is 1.00. The van der Waals surface area contributed by atoms with E-state index in [9.17, 15) is 19.0 Å². The molecule has 102 valence electrons. The van der Waals surface area contributed by atoms with E-state index in [1.54, 1.807) is 0 Å². The van der Waals surface area contributed by atoms with Gasteiger partial charge < -0.3 is 25.4 Å². The van der Waals surface area contributed by atoms with Gasteiger partial charge >= 0.3 is 11.4 Å². The summed E-state index contributed by atoms with van der Waals surface area (Å²) in [4.78, 5) is 0. The van der Waals surface area contributed by atoms with Crippen LogP contribution in [0.2, 0.25) is 0 Å². The Bertz CT molecular complexity index is 272. The summed E-state index contributed by atoms with van der Waals surface area (Å²) in [6, 6.07) is 0. The van der Waals surface area contributed by atoms with Gasteiger partial charge in [-0.15, -0.1) is 0 Å². The third kappa shape index (κ3) is 5.10. The van der Waals surface area contributed by atoms with Gasteiger partial charge in [0, 0.05) is 36.1 Å². The Labute approximate surface area is 130 Å². The molecule has 1 aliphatic rings. The van der Waals surface area contributed by atoms with Gasteiger partial charge in [-0.1, -0.05) is 4.55 Å². The molecule has 0 amide bonds. The molecule has 18 heavy (non-hydrogen) atoms. The van der Waals surface area contributed by atoms with Gasteiger partial charge in [0.05, 0.1) is 12.7 Å². The van der Waals surface area contributed by atoms with E-state index < -0.39 is 42.1 Å². The molecular weight excluding hydrogens is 277 g/mol. The predicted molar refractivity (Wildman–Crippen MR) is 60.8 cm³/mol. The van der Waals surface area contributed by atoms with Crippen LogP contribution < -0.4 is 5.73 Å². The average molecular weight is 293 g/mol. The van der Waals surface area contributed by atoms with Crippen molar-refractivity contribution in [3.05, 3.63) is 0 Å². The van der Waals surface area contributed by atoms with Crippen LogP contribution in [0.15, 0.2) is 0 Å². The van der Waals surface area contributed by atoms with Crippen molar-refractivity contribution in [2.75, 3.05) is 13.2 Å². The number of rotatable bonds is 5. The third-order valence-electron chi connectivity index (χ3n) is 2.37. The Morgan fingerprint density at radius 1 is 1.39 bits per heavy atom. The van der Waals surface area contributed by atoms with Gasteiger partial charge in [-0.3, -0.25) is 4.18 Å². The summed E-state index contributed by atoms with van der Waals surface area (Å²) in [5.41, 5.74) is 5.23. The van der Waals surface area contributed by atoms with Gasteiger partial charge in [-0.2, -0.15) is 4.21 Å². The monoisotopic (exact) mass is 293 g/mol. The average Bonchev–Trinajstić information content (AvgIpc) is 2.27. The van der Waals surface area contributed by atoms with Crippen LogP contribution in [0.4, 0.5) is 0 Å². The van der Waals surface area contributed by atoms with Crippen molar-refractivity contribution in [1.82, 2.24) is 0 Å². The predicted octanol–water partition coefficient (Wildman–Crippen LogP) is -2.56. The first-order chi connectivity index (χ1) is 7.97. The fourth-order valence-corrected chi connectivity index (χ4v) is 1.90. The maximum Gasteiger partial charge on any atom is 0.335 e. The van der Waals surface area contributed by atoms with Gasteiger partial charge in [-0.05, 0) is 6.92 Å². The Kier molecular flexibility index (Phi) is 9.36. The van der Waals surface area contributed by atoms with Crippen LogP contribution >= 0.6 is 0 Å². The maximum atomic E-state index is 10.5. The summed E-state index contributed by atoms with van der Waals surface area (Å²) in [6.07, 6.45) is -5.77. The second kappa shape index (κ2) is 8.93. The SMILES string of the molecule is C[C@@H]1O[C@@H](OCCN)[C@@H](OS([O])=O)[C@H](O)[C@@H]1O.[Na]. The fourth-order valence-electron chi connectivity index (χ4n) is 1.51. The molecule has 1 rings (SSSR count). The molecule has 0 spiro atoms. The number of hydrogen-bond acceptors (Lipinski definition) is 7. The molecule has 10 heteroatoms. The van der Waals surface area contributed by atoms with Crippen molar-refractivity contribution in [1.29, 1.82) is 0 Å². The molecule has 0 saturated carbocycles. The number of aliphatic hydroxyl groups is 2. The zero-order valence-corrected chi connectivity index (χ0v) is 13.0. The van der Waals surface area contributed by atoms with E-state index in [-0.39, 0.29) is 42.7 Å². The van der Waals surface area contributed by atoms with Crippen LogP contribution in [-0.2, 0) is 29.6 Å². The van der Waals surface area contributed by atoms with E-state index in [0.717, 1.165) is 0 Å². The quantitative estimate of drug-likeness (QED) is 0.475. The summed E-state index contributed by atoms with van der Waals surface area (Å²) < 4.78 is 35.7. The smallest absolute Gasteiger partial charge is 0.335 e. The summed E-state index contributed by atoms with van der Waals surface area (Å²) in [7, 11) is 0. The minimum absolute atomic E-state index is 0. The van der Waals surface area contributed by atoms with E-state index in [2.05, 4.69) is 4.18 Å². The second-order valence-electron chi connectivity index (χ2n) is 3.62. The zero-order valence-electron chi connectivity index (χ0n) is 10.2. The molecule has 8 nitrogen and oxygen atoms in total. The van der Waals surface area contributed by atoms with Crippen LogP contribution in [0.5, 0.6) is 0 Å². The molecule has 2 radical (unpaired) electrons. The maximum absolute atomic E-state index is 10.5. The van der Waals surface area contributed by atoms with Gasteiger partial charge in [0.1, 0.15) is 12.2 Å². The number of nitrogens with two attached hydrogens (primary N) is 1. The number of ether oxygens (including phenoxy) is 2. The summed E-state index contributed by atoms with van der Waals surface area (Å²) in [6.45, 7) is 1.85. The van der Waals surface area contributed by atoms with Crippen molar-refractivity contribution in [2.45, 2.75) is 37.6 Å². The molecule has 1 saturated heterocycles. The molecule has 6 atom stereocenters. The normalized spacial score (nSPS) is 37.9. The summed E-state index contributed by atoms with van der Waals surface area (Å²) in [5.74, 6) is 0. The number of aliphatic hydroxyl groups excluding tert-OH is 2. The van der Waals surface area contributed by atoms with Crippen molar-refractivity contribution in [3.63, 3.8) is 0 Å². The van der Waals surface area contributed by atoms with E-state index in [1.165, 1.54) is 6.92 Å². The first-order valence-electron chi connectivity index (χ1n) is 5.07. The van der Waals surface area contributed by atoms with E-state index in [4.69, 9.17) is 15.2 Å². The minimum atomic E-state index is -2.85. The van der Waals surface area contributed by atoms with Gasteiger partial charge in [-0.25, -0.2) is 0 Å². The molecule has 1 aliphatic heterocycles. The third-order valence-corrected chi connectivity index (χ3v) is 2.75. The molecule has 0 aromatic heterocycles. The first kappa shape index (κ1) is 18.9. The van der Waals surface area contributed by atoms with Crippen LogP contribution in [-0.4, -0.2) is 87.8 Å². The molecule has 1 fully saturated rings. The van der Waals surface area contributed by atoms with E-state index in [0.29, 0.717) is 0 Å². The minimum Gasteiger partial charge on any atom is -0.388 e. The van der Waals surface area contributed by atoms with Crippen LogP contribution in [0.3, 0.4) is 0 Å². The summed E-state index contributed by atoms with van der Waals surface area (Å²) in [5, 5.41) is 19.2.